The van der Waals surface area contributed by atoms with Crippen molar-refractivity contribution in [2.24, 2.45) is 0 Å². The number of aromatic nitrogens is 1. The minimum Gasteiger partial charge on any atom is -0.398 e. The first-order valence-electron chi connectivity index (χ1n) is 6.40. The fourth-order valence-corrected chi connectivity index (χ4v) is 1.93. The number of hydrogen-bond acceptors (Lipinski definition) is 4. The van der Waals surface area contributed by atoms with Crippen molar-refractivity contribution >= 4 is 12.7 Å². The number of aliphatic hydroxyl groups excluding tert-OH is 1. The van der Waals surface area contributed by atoms with Gasteiger partial charge in [0.25, 0.3) is 0 Å². The van der Waals surface area contributed by atoms with E-state index in [1.807, 2.05) is 27.7 Å². The number of H-pyrrole nitrogens is 1. The van der Waals surface area contributed by atoms with Crippen LogP contribution in [0.5, 0.6) is 0 Å². The molecule has 1 unspecified atom stereocenters. The molecule has 1 aliphatic heterocycles. The van der Waals surface area contributed by atoms with Gasteiger partial charge >= 0.3 is 7.12 Å². The van der Waals surface area contributed by atoms with Gasteiger partial charge in [0, 0.05) is 11.7 Å². The van der Waals surface area contributed by atoms with E-state index in [9.17, 15) is 9.90 Å². The summed E-state index contributed by atoms with van der Waals surface area (Å²) in [6.07, 6.45) is -0.705. The van der Waals surface area contributed by atoms with Gasteiger partial charge in [-0.1, -0.05) is 0 Å². The quantitative estimate of drug-likeness (QED) is 0.773. The molecule has 1 saturated heterocycles. The van der Waals surface area contributed by atoms with Gasteiger partial charge in [-0.15, -0.1) is 0 Å². The second-order valence-corrected chi connectivity index (χ2v) is 6.00. The summed E-state index contributed by atoms with van der Waals surface area (Å²) >= 11 is 0. The molecule has 1 aromatic rings. The Morgan fingerprint density at radius 2 is 1.74 bits per heavy atom. The average Bonchev–Trinajstić information content (AvgIpc) is 2.47. The Morgan fingerprint density at radius 1 is 1.21 bits per heavy atom. The lowest BCUT2D eigenvalue weighted by atomic mass is 9.83. The molecule has 0 spiro atoms. The molecule has 0 aromatic carbocycles. The number of aromatic amines is 1. The van der Waals surface area contributed by atoms with Crippen molar-refractivity contribution in [1.82, 2.24) is 4.98 Å². The summed E-state index contributed by atoms with van der Waals surface area (Å²) in [4.78, 5) is 14.3. The molecule has 0 radical (unpaired) electrons. The van der Waals surface area contributed by atoms with Crippen LogP contribution in [0.25, 0.3) is 0 Å². The molecule has 2 N–H and O–H groups in total. The van der Waals surface area contributed by atoms with Gasteiger partial charge in [0.2, 0.25) is 5.56 Å². The Balaban J connectivity index is 2.37. The molecule has 2 rings (SSSR count). The Morgan fingerprint density at radius 3 is 2.21 bits per heavy atom. The zero-order valence-corrected chi connectivity index (χ0v) is 12.0. The normalized spacial score (nSPS) is 22.5. The summed E-state index contributed by atoms with van der Waals surface area (Å²) in [6, 6.07) is 3.08. The standard InChI is InChI=1S/C13H20BNO4/c1-8(16)9-6-10(15-11(17)7-9)14-18-12(2,3)13(4,5)19-14/h6-8,16H,1-5H3,(H,15,17). The van der Waals surface area contributed by atoms with Crippen molar-refractivity contribution < 1.29 is 14.4 Å². The van der Waals surface area contributed by atoms with Gasteiger partial charge in [-0.05, 0) is 46.2 Å². The first kappa shape index (κ1) is 14.3. The molecule has 6 heteroatoms. The molecule has 0 amide bonds. The van der Waals surface area contributed by atoms with Crippen molar-refractivity contribution in [2.45, 2.75) is 51.9 Å². The fourth-order valence-electron chi connectivity index (χ4n) is 1.93. The maximum absolute atomic E-state index is 11.6. The Kier molecular flexibility index (Phi) is 3.37. The molecular weight excluding hydrogens is 245 g/mol. The molecule has 1 atom stereocenters. The van der Waals surface area contributed by atoms with Crippen LogP contribution < -0.4 is 11.2 Å². The van der Waals surface area contributed by atoms with E-state index in [1.54, 1.807) is 13.0 Å². The SMILES string of the molecule is CC(O)c1cc(B2OC(C)(C)C(C)(C)O2)[nH]c(=O)c1. The highest BCUT2D eigenvalue weighted by Gasteiger charge is 2.52. The third kappa shape index (κ3) is 2.61. The molecule has 1 fully saturated rings. The van der Waals surface area contributed by atoms with Crippen LogP contribution in [0.15, 0.2) is 16.9 Å². The summed E-state index contributed by atoms with van der Waals surface area (Å²) in [5, 5.41) is 9.59. The Hall–Kier alpha value is -1.11. The summed E-state index contributed by atoms with van der Waals surface area (Å²) in [5.41, 5.74) is -0.122. The van der Waals surface area contributed by atoms with E-state index in [4.69, 9.17) is 9.31 Å². The largest absolute Gasteiger partial charge is 0.512 e. The molecule has 1 aliphatic rings. The molecule has 5 nitrogen and oxygen atoms in total. The van der Waals surface area contributed by atoms with Gasteiger partial charge in [-0.25, -0.2) is 0 Å². The fraction of sp³-hybridized carbons (Fsp3) is 0.615. The van der Waals surface area contributed by atoms with E-state index >= 15 is 0 Å². The lowest BCUT2D eigenvalue weighted by molar-refractivity contribution is 0.00578. The second kappa shape index (κ2) is 4.47. The average molecular weight is 265 g/mol. The predicted octanol–water partition coefficient (Wildman–Crippen LogP) is 0.727. The molecule has 1 aromatic heterocycles. The van der Waals surface area contributed by atoms with Gasteiger partial charge in [0.05, 0.1) is 17.3 Å². The molecule has 0 saturated carbocycles. The Labute approximate surface area is 113 Å². The van der Waals surface area contributed by atoms with E-state index in [-0.39, 0.29) is 5.56 Å². The topological polar surface area (TPSA) is 71.5 Å². The van der Waals surface area contributed by atoms with Crippen LogP contribution in [0.2, 0.25) is 0 Å². The van der Waals surface area contributed by atoms with E-state index in [1.165, 1.54) is 6.07 Å². The van der Waals surface area contributed by atoms with Crippen LogP contribution in [-0.4, -0.2) is 28.4 Å². The van der Waals surface area contributed by atoms with Crippen molar-refractivity contribution in [3.05, 3.63) is 28.0 Å². The first-order chi connectivity index (χ1) is 8.62. The number of nitrogens with one attached hydrogen (secondary N) is 1. The highest BCUT2D eigenvalue weighted by Crippen LogP contribution is 2.36. The molecule has 0 aliphatic carbocycles. The number of pyridine rings is 1. The molecule has 0 bridgehead atoms. The van der Waals surface area contributed by atoms with Gasteiger partial charge in [-0.3, -0.25) is 4.79 Å². The molecule has 2 heterocycles. The lowest BCUT2D eigenvalue weighted by Crippen LogP contribution is -2.41. The Bertz CT molecular complexity index is 520. The van der Waals surface area contributed by atoms with Crippen molar-refractivity contribution in [3.63, 3.8) is 0 Å². The summed E-state index contributed by atoms with van der Waals surface area (Å²) in [5.74, 6) is 0. The zero-order chi connectivity index (χ0) is 14.4. The van der Waals surface area contributed by atoms with Crippen LogP contribution in [0.1, 0.15) is 46.3 Å². The van der Waals surface area contributed by atoms with Gasteiger partial charge in [0.15, 0.2) is 0 Å². The van der Waals surface area contributed by atoms with Crippen LogP contribution in [0, 0.1) is 0 Å². The van der Waals surface area contributed by atoms with Crippen molar-refractivity contribution in [3.8, 4) is 0 Å². The summed E-state index contributed by atoms with van der Waals surface area (Å²) < 4.78 is 11.7. The van der Waals surface area contributed by atoms with E-state index in [0.717, 1.165) is 0 Å². The summed E-state index contributed by atoms with van der Waals surface area (Å²) in [7, 11) is -0.628. The molecule has 104 valence electrons. The van der Waals surface area contributed by atoms with Crippen molar-refractivity contribution in [1.29, 1.82) is 0 Å². The third-order valence-corrected chi connectivity index (χ3v) is 3.88. The van der Waals surface area contributed by atoms with E-state index < -0.39 is 24.4 Å². The van der Waals surface area contributed by atoms with Crippen LogP contribution in [-0.2, 0) is 9.31 Å². The first-order valence-corrected chi connectivity index (χ1v) is 6.40. The minimum atomic E-state index is -0.705. The van der Waals surface area contributed by atoms with Crippen molar-refractivity contribution in [2.75, 3.05) is 0 Å². The molecular formula is C13H20BNO4. The smallest absolute Gasteiger partial charge is 0.398 e. The van der Waals surface area contributed by atoms with Gasteiger partial charge in [0.1, 0.15) is 0 Å². The number of rotatable bonds is 2. The molecule has 19 heavy (non-hydrogen) atoms. The summed E-state index contributed by atoms with van der Waals surface area (Å²) in [6.45, 7) is 9.41. The maximum Gasteiger partial charge on any atom is 0.512 e. The van der Waals surface area contributed by atoms with Crippen LogP contribution in [0.3, 0.4) is 0 Å². The number of aliphatic hydroxyl groups is 1. The minimum absolute atomic E-state index is 0.275. The highest BCUT2D eigenvalue weighted by atomic mass is 16.7. The third-order valence-electron chi connectivity index (χ3n) is 3.88. The predicted molar refractivity (Wildman–Crippen MR) is 73.4 cm³/mol. The van der Waals surface area contributed by atoms with Gasteiger partial charge < -0.3 is 19.4 Å². The number of hydrogen-bond donors (Lipinski definition) is 2. The van der Waals surface area contributed by atoms with Crippen LogP contribution >= 0.6 is 0 Å². The van der Waals surface area contributed by atoms with E-state index in [0.29, 0.717) is 11.2 Å². The van der Waals surface area contributed by atoms with Crippen LogP contribution in [0.4, 0.5) is 0 Å². The second-order valence-electron chi connectivity index (χ2n) is 6.00. The lowest BCUT2D eigenvalue weighted by Gasteiger charge is -2.32. The van der Waals surface area contributed by atoms with E-state index in [2.05, 4.69) is 4.98 Å². The highest BCUT2D eigenvalue weighted by molar-refractivity contribution is 6.61. The maximum atomic E-state index is 11.6. The van der Waals surface area contributed by atoms with Gasteiger partial charge in [-0.2, -0.15) is 0 Å². The zero-order valence-electron chi connectivity index (χ0n) is 12.0. The monoisotopic (exact) mass is 265 g/mol.